The van der Waals surface area contributed by atoms with Crippen molar-refractivity contribution in [2.24, 2.45) is 5.92 Å². The van der Waals surface area contributed by atoms with Crippen molar-refractivity contribution in [1.29, 1.82) is 0 Å². The standard InChI is InChI=1S/C21H35NO4/c1-6-11-12-16(7-2)15-22-21(23)17-13-18(24-8-3)20(26-10-5)19(14-17)25-9-4/h13-14,16H,6-12,15H2,1-5H3,(H,22,23)/t16-/m0/s1. The molecule has 0 aliphatic rings. The molecule has 0 aromatic heterocycles. The van der Waals surface area contributed by atoms with Crippen LogP contribution in [-0.4, -0.2) is 32.3 Å². The molecule has 0 radical (unpaired) electrons. The first-order chi connectivity index (χ1) is 12.6. The Kier molecular flexibility index (Phi) is 10.6. The van der Waals surface area contributed by atoms with Gasteiger partial charge in [0.15, 0.2) is 11.5 Å². The summed E-state index contributed by atoms with van der Waals surface area (Å²) in [6.07, 6.45) is 4.59. The molecule has 1 aromatic rings. The Morgan fingerprint density at radius 2 is 1.54 bits per heavy atom. The van der Waals surface area contributed by atoms with Gasteiger partial charge in [-0.3, -0.25) is 4.79 Å². The molecule has 0 spiro atoms. The average molecular weight is 366 g/mol. The van der Waals surface area contributed by atoms with Crippen LogP contribution in [0.1, 0.15) is 70.7 Å². The number of rotatable bonds is 13. The van der Waals surface area contributed by atoms with Crippen molar-refractivity contribution in [2.45, 2.75) is 60.3 Å². The van der Waals surface area contributed by atoms with Crippen LogP contribution in [0.3, 0.4) is 0 Å². The molecule has 0 fully saturated rings. The highest BCUT2D eigenvalue weighted by atomic mass is 16.5. The number of benzene rings is 1. The predicted molar refractivity (Wildman–Crippen MR) is 106 cm³/mol. The third-order valence-electron chi connectivity index (χ3n) is 4.27. The summed E-state index contributed by atoms with van der Waals surface area (Å²) in [5.74, 6) is 2.05. The maximum atomic E-state index is 12.7. The Labute approximate surface area is 158 Å². The quantitative estimate of drug-likeness (QED) is 0.544. The van der Waals surface area contributed by atoms with Gasteiger partial charge in [-0.15, -0.1) is 0 Å². The highest BCUT2D eigenvalue weighted by Crippen LogP contribution is 2.39. The highest BCUT2D eigenvalue weighted by Gasteiger charge is 2.19. The molecule has 1 N–H and O–H groups in total. The van der Waals surface area contributed by atoms with Crippen LogP contribution in [-0.2, 0) is 0 Å². The predicted octanol–water partition coefficient (Wildman–Crippen LogP) is 4.83. The van der Waals surface area contributed by atoms with Crippen LogP contribution in [0.15, 0.2) is 12.1 Å². The Morgan fingerprint density at radius 3 is 2.00 bits per heavy atom. The normalized spacial score (nSPS) is 11.7. The molecule has 0 aliphatic carbocycles. The molecule has 0 heterocycles. The van der Waals surface area contributed by atoms with Gasteiger partial charge in [-0.2, -0.15) is 0 Å². The third kappa shape index (κ3) is 6.77. The lowest BCUT2D eigenvalue weighted by atomic mass is 9.99. The van der Waals surface area contributed by atoms with E-state index < -0.39 is 0 Å². The summed E-state index contributed by atoms with van der Waals surface area (Å²) in [6.45, 7) is 12.3. The van der Waals surface area contributed by atoms with Crippen LogP contribution in [0.4, 0.5) is 0 Å². The van der Waals surface area contributed by atoms with E-state index in [9.17, 15) is 4.79 Å². The number of nitrogens with one attached hydrogen (secondary N) is 1. The first kappa shape index (κ1) is 22.1. The van der Waals surface area contributed by atoms with E-state index in [1.807, 2.05) is 20.8 Å². The minimum Gasteiger partial charge on any atom is -0.490 e. The minimum atomic E-state index is -0.107. The van der Waals surface area contributed by atoms with Crippen LogP contribution in [0.5, 0.6) is 17.2 Å². The van der Waals surface area contributed by atoms with Crippen molar-refractivity contribution in [1.82, 2.24) is 5.32 Å². The van der Waals surface area contributed by atoms with Gasteiger partial charge in [0.2, 0.25) is 5.75 Å². The summed E-state index contributed by atoms with van der Waals surface area (Å²) in [7, 11) is 0. The number of ether oxygens (including phenoxy) is 3. The summed E-state index contributed by atoms with van der Waals surface area (Å²) in [6, 6.07) is 3.47. The van der Waals surface area contributed by atoms with E-state index in [1.165, 1.54) is 12.8 Å². The van der Waals surface area contributed by atoms with Crippen LogP contribution >= 0.6 is 0 Å². The van der Waals surface area contributed by atoms with E-state index in [0.29, 0.717) is 55.1 Å². The molecular formula is C21H35NO4. The summed E-state index contributed by atoms with van der Waals surface area (Å²) in [5, 5.41) is 3.06. The fourth-order valence-corrected chi connectivity index (χ4v) is 2.80. The van der Waals surface area contributed by atoms with Crippen molar-refractivity contribution >= 4 is 5.91 Å². The average Bonchev–Trinajstić information content (AvgIpc) is 2.64. The van der Waals surface area contributed by atoms with E-state index in [1.54, 1.807) is 12.1 Å². The molecule has 1 rings (SSSR count). The van der Waals surface area contributed by atoms with Crippen molar-refractivity contribution in [2.75, 3.05) is 26.4 Å². The van der Waals surface area contributed by atoms with Gasteiger partial charge in [0.05, 0.1) is 19.8 Å². The second-order valence-electron chi connectivity index (χ2n) is 6.23. The molecule has 0 saturated carbocycles. The number of unbranched alkanes of at least 4 members (excludes halogenated alkanes) is 1. The van der Waals surface area contributed by atoms with Gasteiger partial charge in [0.1, 0.15) is 0 Å². The van der Waals surface area contributed by atoms with Crippen molar-refractivity contribution < 1.29 is 19.0 Å². The Morgan fingerprint density at radius 1 is 0.962 bits per heavy atom. The van der Waals surface area contributed by atoms with E-state index in [-0.39, 0.29) is 5.91 Å². The van der Waals surface area contributed by atoms with Gasteiger partial charge in [-0.25, -0.2) is 0 Å². The monoisotopic (exact) mass is 365 g/mol. The molecule has 148 valence electrons. The zero-order valence-corrected chi connectivity index (χ0v) is 17.0. The first-order valence-electron chi connectivity index (χ1n) is 9.95. The molecule has 1 amide bonds. The van der Waals surface area contributed by atoms with Crippen molar-refractivity contribution in [3.8, 4) is 17.2 Å². The maximum absolute atomic E-state index is 12.7. The molecule has 5 heteroatoms. The van der Waals surface area contributed by atoms with Crippen LogP contribution in [0, 0.1) is 5.92 Å². The number of hydrogen-bond donors (Lipinski definition) is 1. The van der Waals surface area contributed by atoms with Gasteiger partial charge in [0, 0.05) is 12.1 Å². The highest BCUT2D eigenvalue weighted by molar-refractivity contribution is 5.95. The Hall–Kier alpha value is -1.91. The molecule has 0 bridgehead atoms. The van der Waals surface area contributed by atoms with E-state index >= 15 is 0 Å². The van der Waals surface area contributed by atoms with Gasteiger partial charge < -0.3 is 19.5 Å². The number of carbonyl (C=O) groups excluding carboxylic acids is 1. The van der Waals surface area contributed by atoms with Crippen LogP contribution in [0.25, 0.3) is 0 Å². The zero-order valence-electron chi connectivity index (χ0n) is 17.0. The van der Waals surface area contributed by atoms with Crippen molar-refractivity contribution in [3.63, 3.8) is 0 Å². The van der Waals surface area contributed by atoms with Crippen LogP contribution < -0.4 is 19.5 Å². The second-order valence-corrected chi connectivity index (χ2v) is 6.23. The van der Waals surface area contributed by atoms with Gasteiger partial charge in [-0.05, 0) is 45.2 Å². The van der Waals surface area contributed by atoms with Gasteiger partial charge in [-0.1, -0.05) is 33.1 Å². The topological polar surface area (TPSA) is 56.8 Å². The number of hydrogen-bond acceptors (Lipinski definition) is 4. The molecule has 1 atom stereocenters. The summed E-state index contributed by atoms with van der Waals surface area (Å²) < 4.78 is 17.1. The van der Waals surface area contributed by atoms with Crippen molar-refractivity contribution in [3.05, 3.63) is 17.7 Å². The molecule has 0 aliphatic heterocycles. The molecule has 1 aromatic carbocycles. The lowest BCUT2D eigenvalue weighted by molar-refractivity contribution is 0.0944. The van der Waals surface area contributed by atoms with Gasteiger partial charge >= 0.3 is 0 Å². The zero-order chi connectivity index (χ0) is 19.4. The maximum Gasteiger partial charge on any atom is 0.251 e. The SMILES string of the molecule is CCCC[C@H](CC)CNC(=O)c1cc(OCC)c(OCC)c(OCC)c1. The lowest BCUT2D eigenvalue weighted by Gasteiger charge is -2.18. The third-order valence-corrected chi connectivity index (χ3v) is 4.27. The van der Waals surface area contributed by atoms with E-state index in [0.717, 1.165) is 12.8 Å². The summed E-state index contributed by atoms with van der Waals surface area (Å²) in [5.41, 5.74) is 0.533. The Balaban J connectivity index is 2.97. The number of carbonyl (C=O) groups is 1. The molecule has 0 saturated heterocycles. The smallest absolute Gasteiger partial charge is 0.251 e. The Bertz CT molecular complexity index is 518. The molecule has 5 nitrogen and oxygen atoms in total. The summed E-state index contributed by atoms with van der Waals surface area (Å²) >= 11 is 0. The van der Waals surface area contributed by atoms with Gasteiger partial charge in [0.25, 0.3) is 5.91 Å². The fraction of sp³-hybridized carbons (Fsp3) is 0.667. The van der Waals surface area contributed by atoms with E-state index in [2.05, 4.69) is 19.2 Å². The molecule has 26 heavy (non-hydrogen) atoms. The first-order valence-corrected chi connectivity index (χ1v) is 9.95. The lowest BCUT2D eigenvalue weighted by Crippen LogP contribution is -2.29. The second kappa shape index (κ2) is 12.4. The number of amides is 1. The molecular weight excluding hydrogens is 330 g/mol. The largest absolute Gasteiger partial charge is 0.490 e. The molecule has 0 unspecified atom stereocenters. The van der Waals surface area contributed by atoms with E-state index in [4.69, 9.17) is 14.2 Å². The minimum absolute atomic E-state index is 0.107. The fourth-order valence-electron chi connectivity index (χ4n) is 2.80. The van der Waals surface area contributed by atoms with Crippen LogP contribution in [0.2, 0.25) is 0 Å². The summed E-state index contributed by atoms with van der Waals surface area (Å²) in [4.78, 5) is 12.7.